The van der Waals surface area contributed by atoms with Gasteiger partial charge >= 0.3 is 5.97 Å². The molecule has 0 heterocycles. The van der Waals surface area contributed by atoms with Crippen LogP contribution < -0.4 is 0 Å². The molecule has 1 rings (SSSR count). The van der Waals surface area contributed by atoms with Crippen LogP contribution in [0.15, 0.2) is 40.8 Å². The number of benzene rings is 1. The summed E-state index contributed by atoms with van der Waals surface area (Å²) in [6.07, 6.45) is 0. The molecule has 74 valence electrons. The van der Waals surface area contributed by atoms with Gasteiger partial charge in [0.15, 0.2) is 0 Å². The smallest absolute Gasteiger partial charge is 0.293 e. The maximum Gasteiger partial charge on any atom is 0.367 e. The average Bonchev–Trinajstić information content (AvgIpc) is 2.18. The molecule has 0 bridgehead atoms. The average molecular weight is 193 g/mol. The molecule has 0 spiro atoms. The van der Waals surface area contributed by atoms with E-state index in [1.807, 2.05) is 6.07 Å². The fourth-order valence-corrected chi connectivity index (χ4v) is 0.755. The molecule has 1 aromatic carbocycles. The summed E-state index contributed by atoms with van der Waals surface area (Å²) in [5, 5.41) is 8.18. The topological polar surface area (TPSA) is 54.3 Å². The Labute approximate surface area is 81.9 Å². The Bertz CT molecular complexity index is 322. The molecule has 1 aromatic rings. The minimum atomic E-state index is -0.517. The molecule has 14 heavy (non-hydrogen) atoms. The Morgan fingerprint density at radius 3 is 2.50 bits per heavy atom. The molecule has 0 aliphatic carbocycles. The van der Waals surface area contributed by atoms with Gasteiger partial charge in [-0.1, -0.05) is 18.2 Å². The van der Waals surface area contributed by atoms with E-state index in [4.69, 9.17) is 0 Å². The van der Waals surface area contributed by atoms with Crippen molar-refractivity contribution in [1.29, 1.82) is 0 Å². The lowest BCUT2D eigenvalue weighted by Crippen LogP contribution is -2.03. The maximum atomic E-state index is 11.2. The highest BCUT2D eigenvalue weighted by atomic mass is 16.7. The van der Waals surface area contributed by atoms with Gasteiger partial charge in [0.1, 0.15) is 0 Å². The first kappa shape index (κ1) is 10.2. The van der Waals surface area contributed by atoms with Crippen LogP contribution in [0, 0.1) is 0 Å². The maximum absolute atomic E-state index is 11.2. The molecule has 0 saturated heterocycles. The van der Waals surface area contributed by atoms with Gasteiger partial charge in [0.25, 0.3) is 0 Å². The van der Waals surface area contributed by atoms with Gasteiger partial charge in [-0.25, -0.2) is 4.79 Å². The molecule has 0 atom stereocenters. The second kappa shape index (κ2) is 4.96. The minimum absolute atomic E-state index is 0.449. The van der Waals surface area contributed by atoms with Crippen LogP contribution in [0.5, 0.6) is 0 Å². The Balaban J connectivity index is 2.52. The molecule has 5 heteroatoms. The molecule has 0 saturated carbocycles. The first-order chi connectivity index (χ1) is 6.70. The summed E-state index contributed by atoms with van der Waals surface area (Å²) >= 11 is 0. The van der Waals surface area contributed by atoms with E-state index in [0.717, 1.165) is 0 Å². The predicted molar refractivity (Wildman–Crippen MR) is 50.4 cm³/mol. The Morgan fingerprint density at radius 2 is 1.93 bits per heavy atom. The molecule has 0 radical (unpaired) electrons. The number of carbonyl (C=O) groups excluding carboxylic acids is 1. The van der Waals surface area contributed by atoms with E-state index < -0.39 is 5.97 Å². The highest BCUT2D eigenvalue weighted by Crippen LogP contribution is 2.01. The lowest BCUT2D eigenvalue weighted by Gasteiger charge is -1.99. The first-order valence-electron chi connectivity index (χ1n) is 4.05. The van der Waals surface area contributed by atoms with Crippen molar-refractivity contribution in [1.82, 2.24) is 5.01 Å². The lowest BCUT2D eigenvalue weighted by molar-refractivity contribution is 0.0446. The third-order valence-corrected chi connectivity index (χ3v) is 1.35. The highest BCUT2D eigenvalue weighted by Gasteiger charge is 2.04. The summed E-state index contributed by atoms with van der Waals surface area (Å²) < 4.78 is 0. The molecule has 0 unspecified atom stereocenters. The Morgan fingerprint density at radius 1 is 1.29 bits per heavy atom. The fourth-order valence-electron chi connectivity index (χ4n) is 0.755. The van der Waals surface area contributed by atoms with Crippen LogP contribution in [0.4, 0.5) is 0 Å². The summed E-state index contributed by atoms with van der Waals surface area (Å²) in [5.41, 5.74) is 0.449. The zero-order valence-corrected chi connectivity index (χ0v) is 8.04. The third-order valence-electron chi connectivity index (χ3n) is 1.35. The Kier molecular flexibility index (Phi) is 3.60. The molecule has 0 aliphatic heterocycles. The predicted octanol–water partition coefficient (Wildman–Crippen LogP) is 1.69. The van der Waals surface area contributed by atoms with Crippen LogP contribution in [0.2, 0.25) is 0 Å². The fraction of sp³-hybridized carbons (Fsp3) is 0.222. The van der Waals surface area contributed by atoms with Gasteiger partial charge < -0.3 is 0 Å². The van der Waals surface area contributed by atoms with Crippen molar-refractivity contribution in [2.24, 2.45) is 10.5 Å². The monoisotopic (exact) mass is 193 g/mol. The number of rotatable bonds is 3. The van der Waals surface area contributed by atoms with Crippen molar-refractivity contribution in [3.05, 3.63) is 35.9 Å². The standard InChI is InChI=1S/C9H11N3O2/c1-12(2)10-11-14-9(13)8-6-4-3-5-7-8/h3-7H,1-2H3. The van der Waals surface area contributed by atoms with Crippen LogP contribution in [-0.2, 0) is 4.84 Å². The molecule has 0 fully saturated rings. The van der Waals surface area contributed by atoms with Gasteiger partial charge in [-0.15, -0.1) is 0 Å². The largest absolute Gasteiger partial charge is 0.367 e. The van der Waals surface area contributed by atoms with Gasteiger partial charge in [-0.2, -0.15) is 0 Å². The third kappa shape index (κ3) is 3.22. The second-order valence-electron chi connectivity index (χ2n) is 2.76. The number of hydrogen-bond acceptors (Lipinski definition) is 4. The number of carbonyl (C=O) groups is 1. The van der Waals surface area contributed by atoms with E-state index in [1.54, 1.807) is 38.4 Å². The summed E-state index contributed by atoms with van der Waals surface area (Å²) in [6.45, 7) is 0. The van der Waals surface area contributed by atoms with Crippen LogP contribution in [0.25, 0.3) is 0 Å². The number of nitrogens with zero attached hydrogens (tertiary/aromatic N) is 3. The van der Waals surface area contributed by atoms with Gasteiger partial charge in [0.2, 0.25) is 0 Å². The van der Waals surface area contributed by atoms with E-state index in [2.05, 4.69) is 15.3 Å². The van der Waals surface area contributed by atoms with Crippen molar-refractivity contribution in [3.8, 4) is 0 Å². The summed E-state index contributed by atoms with van der Waals surface area (Å²) in [7, 11) is 3.36. The van der Waals surface area contributed by atoms with Crippen LogP contribution in [-0.4, -0.2) is 25.1 Å². The van der Waals surface area contributed by atoms with E-state index in [9.17, 15) is 4.79 Å². The molecule has 0 aliphatic rings. The van der Waals surface area contributed by atoms with Crippen molar-refractivity contribution in [2.75, 3.05) is 14.1 Å². The zero-order chi connectivity index (χ0) is 10.4. The van der Waals surface area contributed by atoms with Crippen LogP contribution >= 0.6 is 0 Å². The van der Waals surface area contributed by atoms with Gasteiger partial charge in [-0.3, -0.25) is 9.85 Å². The van der Waals surface area contributed by atoms with Gasteiger partial charge in [0, 0.05) is 14.1 Å². The lowest BCUT2D eigenvalue weighted by atomic mass is 10.2. The highest BCUT2D eigenvalue weighted by molar-refractivity contribution is 5.89. The van der Waals surface area contributed by atoms with E-state index in [1.165, 1.54) is 5.01 Å². The summed E-state index contributed by atoms with van der Waals surface area (Å²) in [6, 6.07) is 8.61. The molecule has 0 aromatic heterocycles. The second-order valence-corrected chi connectivity index (χ2v) is 2.76. The molecule has 0 N–H and O–H groups in total. The van der Waals surface area contributed by atoms with Gasteiger partial charge in [-0.05, 0) is 17.4 Å². The van der Waals surface area contributed by atoms with E-state index in [0.29, 0.717) is 5.56 Å². The summed E-state index contributed by atoms with van der Waals surface area (Å²) in [5.74, 6) is -0.517. The van der Waals surface area contributed by atoms with Crippen molar-refractivity contribution in [2.45, 2.75) is 0 Å². The zero-order valence-electron chi connectivity index (χ0n) is 8.04. The van der Waals surface area contributed by atoms with Crippen molar-refractivity contribution < 1.29 is 9.63 Å². The Hall–Kier alpha value is -1.91. The van der Waals surface area contributed by atoms with E-state index in [-0.39, 0.29) is 0 Å². The molecule has 5 nitrogen and oxygen atoms in total. The van der Waals surface area contributed by atoms with Crippen LogP contribution in [0.3, 0.4) is 0 Å². The normalized spacial score (nSPS) is 10.1. The first-order valence-corrected chi connectivity index (χ1v) is 4.05. The minimum Gasteiger partial charge on any atom is -0.293 e. The molecule has 0 amide bonds. The quantitative estimate of drug-likeness (QED) is 0.542. The SMILES string of the molecule is CN(C)N=NOC(=O)c1ccccc1. The van der Waals surface area contributed by atoms with Crippen molar-refractivity contribution >= 4 is 5.97 Å². The summed E-state index contributed by atoms with van der Waals surface area (Å²) in [4.78, 5) is 15.7. The van der Waals surface area contributed by atoms with Crippen LogP contribution in [0.1, 0.15) is 10.4 Å². The number of hydrogen-bond donors (Lipinski definition) is 0. The van der Waals surface area contributed by atoms with E-state index >= 15 is 0 Å². The molecular formula is C9H11N3O2. The van der Waals surface area contributed by atoms with Crippen molar-refractivity contribution in [3.63, 3.8) is 0 Å². The molecular weight excluding hydrogens is 182 g/mol. The van der Waals surface area contributed by atoms with Gasteiger partial charge in [0.05, 0.1) is 10.8 Å².